The standard InChI is InChI=1S/C29H22FN5O2/c30-19-11-9-18(10-12-19)28-20-13-15-34(17-24(20)33-37-28)26(36)14-16-35-25-8-4-1-5-21(25)27-29(35)32-23-7-3-2-6-22(23)31-27/h1-12H,13-17H2. The smallest absolute Gasteiger partial charge is 0.224 e. The largest absolute Gasteiger partial charge is 0.356 e. The van der Waals surface area contributed by atoms with Gasteiger partial charge in [0.25, 0.3) is 0 Å². The fourth-order valence-electron chi connectivity index (χ4n) is 5.25. The van der Waals surface area contributed by atoms with E-state index in [-0.39, 0.29) is 11.7 Å². The predicted molar refractivity (Wildman–Crippen MR) is 138 cm³/mol. The molecule has 0 spiro atoms. The van der Waals surface area contributed by atoms with Crippen LogP contribution in [0.2, 0.25) is 0 Å². The number of amides is 1. The van der Waals surface area contributed by atoms with Crippen LogP contribution in [0.5, 0.6) is 0 Å². The number of carbonyl (C=O) groups excluding carboxylic acids is 1. The van der Waals surface area contributed by atoms with Crippen molar-refractivity contribution in [3.63, 3.8) is 0 Å². The average molecular weight is 492 g/mol. The van der Waals surface area contributed by atoms with Gasteiger partial charge in [0.05, 0.1) is 23.1 Å². The first-order valence-electron chi connectivity index (χ1n) is 12.3. The van der Waals surface area contributed by atoms with Gasteiger partial charge in [0.15, 0.2) is 11.4 Å². The van der Waals surface area contributed by atoms with Crippen LogP contribution in [0.25, 0.3) is 44.4 Å². The second-order valence-electron chi connectivity index (χ2n) is 9.31. The monoisotopic (exact) mass is 491 g/mol. The van der Waals surface area contributed by atoms with Crippen LogP contribution >= 0.6 is 0 Å². The minimum Gasteiger partial charge on any atom is -0.356 e. The van der Waals surface area contributed by atoms with Crippen molar-refractivity contribution in [3.05, 3.63) is 89.9 Å². The summed E-state index contributed by atoms with van der Waals surface area (Å²) in [6, 6.07) is 22.1. The third-order valence-corrected chi connectivity index (χ3v) is 7.11. The summed E-state index contributed by atoms with van der Waals surface area (Å²) >= 11 is 0. The fourth-order valence-corrected chi connectivity index (χ4v) is 5.25. The van der Waals surface area contributed by atoms with Gasteiger partial charge in [-0.2, -0.15) is 0 Å². The highest BCUT2D eigenvalue weighted by molar-refractivity contribution is 6.06. The normalized spacial score (nSPS) is 13.5. The number of benzene rings is 3. The first kappa shape index (κ1) is 21.7. The third-order valence-electron chi connectivity index (χ3n) is 7.11. The van der Waals surface area contributed by atoms with E-state index in [2.05, 4.69) is 15.8 Å². The van der Waals surface area contributed by atoms with E-state index >= 15 is 0 Å². The van der Waals surface area contributed by atoms with Crippen molar-refractivity contribution in [3.8, 4) is 11.3 Å². The summed E-state index contributed by atoms with van der Waals surface area (Å²) in [5, 5.41) is 5.25. The Labute approximate surface area is 211 Å². The van der Waals surface area contributed by atoms with Crippen LogP contribution in [0.15, 0.2) is 77.3 Å². The highest BCUT2D eigenvalue weighted by Crippen LogP contribution is 2.31. The van der Waals surface area contributed by atoms with E-state index in [0.29, 0.717) is 38.2 Å². The lowest BCUT2D eigenvalue weighted by Crippen LogP contribution is -2.36. The molecule has 3 aromatic carbocycles. The SMILES string of the molecule is O=C(CCn1c2ccccc2c2nc3ccccc3nc21)N1CCc2c(noc2-c2ccc(F)cc2)C1. The van der Waals surface area contributed by atoms with Crippen LogP contribution in [0, 0.1) is 5.82 Å². The topological polar surface area (TPSA) is 77.1 Å². The summed E-state index contributed by atoms with van der Waals surface area (Å²) in [5.74, 6) is 0.408. The molecule has 4 heterocycles. The van der Waals surface area contributed by atoms with Crippen LogP contribution in [-0.4, -0.2) is 37.0 Å². The number of halogens is 1. The maximum atomic E-state index is 13.3. The van der Waals surface area contributed by atoms with Crippen molar-refractivity contribution in [1.82, 2.24) is 24.6 Å². The van der Waals surface area contributed by atoms with Crippen molar-refractivity contribution < 1.29 is 13.7 Å². The van der Waals surface area contributed by atoms with Crippen molar-refractivity contribution in [2.24, 2.45) is 0 Å². The maximum Gasteiger partial charge on any atom is 0.224 e. The summed E-state index contributed by atoms with van der Waals surface area (Å²) in [4.78, 5) is 24.9. The quantitative estimate of drug-likeness (QED) is 0.325. The number of carbonyl (C=O) groups is 1. The van der Waals surface area contributed by atoms with Crippen LogP contribution in [0.1, 0.15) is 17.7 Å². The zero-order chi connectivity index (χ0) is 24.9. The molecule has 182 valence electrons. The van der Waals surface area contributed by atoms with Gasteiger partial charge < -0.3 is 14.0 Å². The molecule has 7 rings (SSSR count). The fraction of sp³-hybridized carbons (Fsp3) is 0.172. The number of rotatable bonds is 4. The third kappa shape index (κ3) is 3.64. The van der Waals surface area contributed by atoms with Crippen LogP contribution in [-0.2, 0) is 24.3 Å². The molecule has 1 aliphatic heterocycles. The van der Waals surface area contributed by atoms with Gasteiger partial charge >= 0.3 is 0 Å². The van der Waals surface area contributed by atoms with Gasteiger partial charge in [0.1, 0.15) is 17.0 Å². The second kappa shape index (κ2) is 8.51. The van der Waals surface area contributed by atoms with Gasteiger partial charge in [-0.25, -0.2) is 14.4 Å². The Morgan fingerprint density at radius 1 is 0.946 bits per heavy atom. The molecule has 1 aliphatic rings. The molecular weight excluding hydrogens is 469 g/mol. The average Bonchev–Trinajstić information content (AvgIpc) is 3.49. The summed E-state index contributed by atoms with van der Waals surface area (Å²) in [6.45, 7) is 1.48. The van der Waals surface area contributed by atoms with Crippen LogP contribution < -0.4 is 0 Å². The molecule has 3 aromatic heterocycles. The van der Waals surface area contributed by atoms with E-state index < -0.39 is 0 Å². The first-order valence-corrected chi connectivity index (χ1v) is 12.3. The number of aromatic nitrogens is 4. The molecule has 0 aliphatic carbocycles. The molecule has 0 radical (unpaired) electrons. The van der Waals surface area contributed by atoms with Crippen molar-refractivity contribution in [2.75, 3.05) is 6.54 Å². The lowest BCUT2D eigenvalue weighted by atomic mass is 10.0. The summed E-state index contributed by atoms with van der Waals surface area (Å²) in [7, 11) is 0. The van der Waals surface area contributed by atoms with E-state index in [1.807, 2.05) is 47.4 Å². The highest BCUT2D eigenvalue weighted by Gasteiger charge is 2.27. The lowest BCUT2D eigenvalue weighted by molar-refractivity contribution is -0.132. The first-order chi connectivity index (χ1) is 18.2. The molecule has 6 aromatic rings. The van der Waals surface area contributed by atoms with Crippen molar-refractivity contribution in [2.45, 2.75) is 25.9 Å². The Hall–Kier alpha value is -4.59. The molecule has 0 saturated heterocycles. The van der Waals surface area contributed by atoms with E-state index in [4.69, 9.17) is 14.5 Å². The van der Waals surface area contributed by atoms with Gasteiger partial charge in [0, 0.05) is 36.0 Å². The summed E-state index contributed by atoms with van der Waals surface area (Å²) in [5.41, 5.74) is 6.86. The van der Waals surface area contributed by atoms with Crippen LogP contribution in [0.3, 0.4) is 0 Å². The minimum atomic E-state index is -0.295. The number of fused-ring (bicyclic) bond motifs is 5. The summed E-state index contributed by atoms with van der Waals surface area (Å²) in [6.07, 6.45) is 0.977. The van der Waals surface area contributed by atoms with Crippen molar-refractivity contribution in [1.29, 1.82) is 0 Å². The number of para-hydroxylation sites is 3. The number of hydrogen-bond acceptors (Lipinski definition) is 5. The molecule has 0 atom stereocenters. The molecule has 7 nitrogen and oxygen atoms in total. The molecule has 0 fully saturated rings. The van der Waals surface area contributed by atoms with Crippen LogP contribution in [0.4, 0.5) is 4.39 Å². The van der Waals surface area contributed by atoms with E-state index in [1.54, 1.807) is 12.1 Å². The number of nitrogens with zero attached hydrogens (tertiary/aromatic N) is 5. The van der Waals surface area contributed by atoms with Gasteiger partial charge in [-0.05, 0) is 48.9 Å². The minimum absolute atomic E-state index is 0.0525. The Morgan fingerprint density at radius 2 is 1.70 bits per heavy atom. The van der Waals surface area contributed by atoms with Gasteiger partial charge in [0.2, 0.25) is 5.91 Å². The molecule has 0 unspecified atom stereocenters. The van der Waals surface area contributed by atoms with Crippen molar-refractivity contribution >= 4 is 39.0 Å². The molecule has 1 amide bonds. The molecule has 8 heteroatoms. The molecule has 0 saturated carbocycles. The predicted octanol–water partition coefficient (Wildman–Crippen LogP) is 5.51. The Kier molecular flexibility index (Phi) is 4.99. The van der Waals surface area contributed by atoms with E-state index in [1.165, 1.54) is 12.1 Å². The zero-order valence-electron chi connectivity index (χ0n) is 19.9. The second-order valence-corrected chi connectivity index (χ2v) is 9.31. The van der Waals surface area contributed by atoms with E-state index in [0.717, 1.165) is 49.9 Å². The van der Waals surface area contributed by atoms with Gasteiger partial charge in [-0.1, -0.05) is 35.5 Å². The maximum absolute atomic E-state index is 13.3. The molecular formula is C29H22FN5O2. The zero-order valence-corrected chi connectivity index (χ0v) is 19.9. The van der Waals surface area contributed by atoms with Gasteiger partial charge in [-0.15, -0.1) is 0 Å². The summed E-state index contributed by atoms with van der Waals surface area (Å²) < 4.78 is 21.0. The Morgan fingerprint density at radius 3 is 2.54 bits per heavy atom. The molecule has 0 N–H and O–H groups in total. The molecule has 37 heavy (non-hydrogen) atoms. The lowest BCUT2D eigenvalue weighted by Gasteiger charge is -2.26. The van der Waals surface area contributed by atoms with E-state index in [9.17, 15) is 9.18 Å². The Balaban J connectivity index is 1.14. The Bertz CT molecular complexity index is 1800. The number of hydrogen-bond donors (Lipinski definition) is 0. The van der Waals surface area contributed by atoms with Gasteiger partial charge in [-0.3, -0.25) is 4.79 Å². The molecule has 0 bridgehead atoms. The number of aryl methyl sites for hydroxylation is 1. The highest BCUT2D eigenvalue weighted by atomic mass is 19.1.